The molecule has 2 aromatic heterocycles. The van der Waals surface area contributed by atoms with E-state index >= 15 is 0 Å². The number of hydrogen-bond acceptors (Lipinski definition) is 4. The number of aromatic nitrogens is 2. The maximum Gasteiger partial charge on any atom is 0.168 e. The van der Waals surface area contributed by atoms with Gasteiger partial charge in [0.25, 0.3) is 0 Å². The highest BCUT2D eigenvalue weighted by Gasteiger charge is 2.11. The molecule has 6 heteroatoms. The zero-order valence-electron chi connectivity index (χ0n) is 11.4. The lowest BCUT2D eigenvalue weighted by Crippen LogP contribution is -2.09. The van der Waals surface area contributed by atoms with Crippen LogP contribution in [0.4, 0.5) is 20.4 Å². The molecule has 0 aliphatic rings. The third-order valence-electron chi connectivity index (χ3n) is 2.71. The van der Waals surface area contributed by atoms with Gasteiger partial charge >= 0.3 is 0 Å². The molecule has 0 aromatic carbocycles. The number of hydrogen-bond donors (Lipinski definition) is 2. The number of anilines is 2. The minimum atomic E-state index is -0.718. The highest BCUT2D eigenvalue weighted by atomic mass is 19.1. The predicted octanol–water partition coefficient (Wildman–Crippen LogP) is 3.11. The van der Waals surface area contributed by atoms with Crippen molar-refractivity contribution in [2.75, 3.05) is 17.2 Å². The van der Waals surface area contributed by atoms with E-state index in [2.05, 4.69) is 20.6 Å². The maximum atomic E-state index is 13.6. The smallest absolute Gasteiger partial charge is 0.168 e. The zero-order valence-corrected chi connectivity index (χ0v) is 11.4. The summed E-state index contributed by atoms with van der Waals surface area (Å²) in [5, 5.41) is 5.59. The predicted molar refractivity (Wildman–Crippen MR) is 74.6 cm³/mol. The molecule has 2 heterocycles. The minimum Gasteiger partial charge on any atom is -0.368 e. The molecule has 4 nitrogen and oxygen atoms in total. The Bertz CT molecular complexity index is 584. The van der Waals surface area contributed by atoms with Crippen LogP contribution in [0, 0.1) is 18.6 Å². The summed E-state index contributed by atoms with van der Waals surface area (Å²) in [6.07, 6.45) is 1.70. The van der Waals surface area contributed by atoms with Gasteiger partial charge in [0.05, 0.1) is 0 Å². The van der Waals surface area contributed by atoms with E-state index in [9.17, 15) is 8.78 Å². The monoisotopic (exact) mass is 278 g/mol. The summed E-state index contributed by atoms with van der Waals surface area (Å²) < 4.78 is 27.1. The average molecular weight is 278 g/mol. The van der Waals surface area contributed by atoms with Crippen molar-refractivity contribution in [2.45, 2.75) is 20.4 Å². The number of halogens is 2. The van der Waals surface area contributed by atoms with Crippen molar-refractivity contribution in [2.24, 2.45) is 0 Å². The molecule has 0 amide bonds. The molecule has 0 bridgehead atoms. The van der Waals surface area contributed by atoms with E-state index in [1.54, 1.807) is 6.20 Å². The van der Waals surface area contributed by atoms with E-state index in [1.807, 2.05) is 26.0 Å². The van der Waals surface area contributed by atoms with Gasteiger partial charge in [-0.25, -0.2) is 13.8 Å². The summed E-state index contributed by atoms with van der Waals surface area (Å²) in [5.74, 6) is -1.36. The van der Waals surface area contributed by atoms with Crippen molar-refractivity contribution in [3.05, 3.63) is 47.3 Å². The lowest BCUT2D eigenvalue weighted by molar-refractivity contribution is 0.578. The molecule has 0 atom stereocenters. The Hall–Kier alpha value is -2.24. The lowest BCUT2D eigenvalue weighted by Gasteiger charge is -2.10. The van der Waals surface area contributed by atoms with Crippen molar-refractivity contribution in [1.29, 1.82) is 0 Å². The first-order valence-corrected chi connectivity index (χ1v) is 6.35. The zero-order chi connectivity index (χ0) is 14.5. The Morgan fingerprint density at radius 2 is 1.80 bits per heavy atom. The molecule has 2 aromatic rings. The highest BCUT2D eigenvalue weighted by Crippen LogP contribution is 2.19. The van der Waals surface area contributed by atoms with Crippen LogP contribution < -0.4 is 10.6 Å². The minimum absolute atomic E-state index is 0.0166. The van der Waals surface area contributed by atoms with Gasteiger partial charge in [-0.05, 0) is 25.5 Å². The number of aryl methyl sites for hydroxylation is 1. The fraction of sp³-hybridized carbons (Fsp3) is 0.286. The molecule has 106 valence electrons. The molecule has 0 radical (unpaired) electrons. The molecular weight excluding hydrogens is 262 g/mol. The van der Waals surface area contributed by atoms with Crippen molar-refractivity contribution < 1.29 is 8.78 Å². The van der Waals surface area contributed by atoms with Crippen LogP contribution >= 0.6 is 0 Å². The van der Waals surface area contributed by atoms with Gasteiger partial charge in [0.1, 0.15) is 0 Å². The molecule has 0 spiro atoms. The van der Waals surface area contributed by atoms with E-state index in [4.69, 9.17) is 0 Å². The second kappa shape index (κ2) is 6.27. The number of pyridine rings is 2. The number of rotatable bonds is 5. The van der Waals surface area contributed by atoms with Crippen LogP contribution in [-0.2, 0) is 6.54 Å². The molecule has 0 fully saturated rings. The fourth-order valence-electron chi connectivity index (χ4n) is 1.67. The van der Waals surface area contributed by atoms with Gasteiger partial charge in [0.2, 0.25) is 0 Å². The van der Waals surface area contributed by atoms with Crippen LogP contribution in [0.3, 0.4) is 0 Å². The Kier molecular flexibility index (Phi) is 4.45. The molecule has 0 unspecified atom stereocenters. The van der Waals surface area contributed by atoms with Gasteiger partial charge in [0.15, 0.2) is 23.3 Å². The van der Waals surface area contributed by atoms with E-state index in [0.717, 1.165) is 17.3 Å². The average Bonchev–Trinajstić information content (AvgIpc) is 2.42. The number of nitrogens with one attached hydrogen (secondary N) is 2. The fourth-order valence-corrected chi connectivity index (χ4v) is 1.67. The van der Waals surface area contributed by atoms with Crippen LogP contribution in [0.25, 0.3) is 0 Å². The van der Waals surface area contributed by atoms with E-state index in [1.165, 1.54) is 0 Å². The second-order valence-corrected chi connectivity index (χ2v) is 4.34. The molecule has 0 saturated carbocycles. The molecular formula is C14H16F2N4. The van der Waals surface area contributed by atoms with Crippen molar-refractivity contribution in [1.82, 2.24) is 9.97 Å². The van der Waals surface area contributed by atoms with Crippen LogP contribution in [0.5, 0.6) is 0 Å². The SMILES string of the molecule is CCNc1nc(NCc2ccc(C)nc2)c(F)cc1F. The molecule has 2 rings (SSSR count). The largest absolute Gasteiger partial charge is 0.368 e. The third kappa shape index (κ3) is 3.40. The van der Waals surface area contributed by atoms with Crippen molar-refractivity contribution in [3.8, 4) is 0 Å². The van der Waals surface area contributed by atoms with Crippen molar-refractivity contribution >= 4 is 11.6 Å². The second-order valence-electron chi connectivity index (χ2n) is 4.34. The summed E-state index contributed by atoms with van der Waals surface area (Å²) in [4.78, 5) is 8.05. The lowest BCUT2D eigenvalue weighted by atomic mass is 10.2. The van der Waals surface area contributed by atoms with Crippen LogP contribution in [-0.4, -0.2) is 16.5 Å². The highest BCUT2D eigenvalue weighted by molar-refractivity contribution is 5.47. The summed E-state index contributed by atoms with van der Waals surface area (Å²) in [6, 6.07) is 4.58. The summed E-state index contributed by atoms with van der Waals surface area (Å²) >= 11 is 0. The quantitative estimate of drug-likeness (QED) is 0.882. The van der Waals surface area contributed by atoms with Crippen LogP contribution in [0.15, 0.2) is 24.4 Å². The first-order chi connectivity index (χ1) is 9.60. The first kappa shape index (κ1) is 14.2. The molecule has 0 aliphatic heterocycles. The summed E-state index contributed by atoms with van der Waals surface area (Å²) in [7, 11) is 0. The van der Waals surface area contributed by atoms with Gasteiger partial charge in [-0.2, -0.15) is 0 Å². The van der Waals surface area contributed by atoms with Gasteiger partial charge in [0, 0.05) is 31.0 Å². The van der Waals surface area contributed by atoms with E-state index < -0.39 is 11.6 Å². The maximum absolute atomic E-state index is 13.6. The van der Waals surface area contributed by atoms with E-state index in [-0.39, 0.29) is 11.6 Å². The van der Waals surface area contributed by atoms with Gasteiger partial charge in [-0.3, -0.25) is 4.98 Å². The third-order valence-corrected chi connectivity index (χ3v) is 2.71. The Morgan fingerprint density at radius 3 is 2.40 bits per heavy atom. The van der Waals surface area contributed by atoms with E-state index in [0.29, 0.717) is 13.1 Å². The molecule has 0 aliphatic carbocycles. The molecule has 0 saturated heterocycles. The topological polar surface area (TPSA) is 49.8 Å². The molecule has 20 heavy (non-hydrogen) atoms. The Morgan fingerprint density at radius 1 is 1.10 bits per heavy atom. The number of nitrogens with zero attached hydrogens (tertiary/aromatic N) is 2. The standard InChI is InChI=1S/C14H16F2N4/c1-3-17-13-11(15)6-12(16)14(20-13)19-8-10-5-4-9(2)18-7-10/h4-7H,3,8H2,1-2H3,(H2,17,19,20). The normalized spacial score (nSPS) is 10.4. The van der Waals surface area contributed by atoms with Gasteiger partial charge < -0.3 is 10.6 Å². The Balaban J connectivity index is 2.12. The molecule has 2 N–H and O–H groups in total. The van der Waals surface area contributed by atoms with Crippen LogP contribution in [0.1, 0.15) is 18.2 Å². The van der Waals surface area contributed by atoms with Crippen LogP contribution in [0.2, 0.25) is 0 Å². The van der Waals surface area contributed by atoms with Gasteiger partial charge in [-0.15, -0.1) is 0 Å². The van der Waals surface area contributed by atoms with Gasteiger partial charge in [-0.1, -0.05) is 6.07 Å². The van der Waals surface area contributed by atoms with Crippen molar-refractivity contribution in [3.63, 3.8) is 0 Å². The Labute approximate surface area is 116 Å². The first-order valence-electron chi connectivity index (χ1n) is 6.35. The summed E-state index contributed by atoms with van der Waals surface area (Å²) in [5.41, 5.74) is 1.81. The summed E-state index contributed by atoms with van der Waals surface area (Å²) in [6.45, 7) is 4.59.